The first kappa shape index (κ1) is 22.2. The van der Waals surface area contributed by atoms with E-state index in [-0.39, 0.29) is 13.2 Å². The van der Waals surface area contributed by atoms with Crippen molar-refractivity contribution in [1.82, 2.24) is 0 Å². The molecule has 0 bridgehead atoms. The number of rotatable bonds is 6. The van der Waals surface area contributed by atoms with Crippen LogP contribution in [0.1, 0.15) is 13.8 Å². The standard InChI is InChI=1S/C6H14O2.C2H6O2.H3O4P/c1-3-7-5-6-8-4-2;3-1-2-4;1-5(2,3)4/h3-6H2,1-2H3;3-4H,1-2H2;(H3,1,2,3,4). The van der Waals surface area contributed by atoms with E-state index in [2.05, 4.69) is 0 Å². The summed E-state index contributed by atoms with van der Waals surface area (Å²) in [6.45, 7) is 6.73. The van der Waals surface area contributed by atoms with E-state index in [4.69, 9.17) is 38.9 Å². The lowest BCUT2D eigenvalue weighted by Crippen LogP contribution is -2.02. The summed E-state index contributed by atoms with van der Waals surface area (Å²) >= 11 is 0. The SMILES string of the molecule is CCOCCOCC.O=P(O)(O)O.OCCO. The van der Waals surface area contributed by atoms with Gasteiger partial charge in [0.25, 0.3) is 0 Å². The Morgan fingerprint density at radius 3 is 1.24 bits per heavy atom. The van der Waals surface area contributed by atoms with E-state index in [0.717, 1.165) is 26.4 Å². The quantitative estimate of drug-likeness (QED) is 0.311. The Kier molecular flexibility index (Phi) is 23.9. The van der Waals surface area contributed by atoms with E-state index in [0.29, 0.717) is 0 Å². The van der Waals surface area contributed by atoms with E-state index >= 15 is 0 Å². The van der Waals surface area contributed by atoms with Gasteiger partial charge in [-0.1, -0.05) is 0 Å². The van der Waals surface area contributed by atoms with Crippen LogP contribution >= 0.6 is 7.82 Å². The summed E-state index contributed by atoms with van der Waals surface area (Å²) in [6.07, 6.45) is 0. The van der Waals surface area contributed by atoms with Crippen LogP contribution < -0.4 is 0 Å². The summed E-state index contributed by atoms with van der Waals surface area (Å²) in [7, 11) is -4.64. The molecule has 0 amide bonds. The molecule has 0 aliphatic heterocycles. The van der Waals surface area contributed by atoms with Crippen LogP contribution in [0.4, 0.5) is 0 Å². The number of aliphatic hydroxyl groups excluding tert-OH is 2. The predicted molar refractivity (Wildman–Crippen MR) is 61.4 cm³/mol. The van der Waals surface area contributed by atoms with E-state index in [9.17, 15) is 0 Å². The lowest BCUT2D eigenvalue weighted by Gasteiger charge is -1.99. The van der Waals surface area contributed by atoms with Gasteiger partial charge in [0.2, 0.25) is 0 Å². The second kappa shape index (κ2) is 18.3. The number of phosphoric acid groups is 1. The van der Waals surface area contributed by atoms with Crippen LogP contribution in [0, 0.1) is 0 Å². The Morgan fingerprint density at radius 2 is 1.12 bits per heavy atom. The molecule has 0 radical (unpaired) electrons. The van der Waals surface area contributed by atoms with Crippen LogP contribution in [-0.2, 0) is 14.0 Å². The topological polar surface area (TPSA) is 137 Å². The van der Waals surface area contributed by atoms with Crippen molar-refractivity contribution in [1.29, 1.82) is 0 Å². The first-order valence-corrected chi connectivity index (χ1v) is 6.55. The minimum atomic E-state index is -4.64. The maximum Gasteiger partial charge on any atom is 0.466 e. The van der Waals surface area contributed by atoms with Gasteiger partial charge in [0.1, 0.15) is 0 Å². The maximum atomic E-state index is 8.88. The van der Waals surface area contributed by atoms with Gasteiger partial charge in [-0.2, -0.15) is 0 Å². The lowest BCUT2D eigenvalue weighted by molar-refractivity contribution is 0.0584. The van der Waals surface area contributed by atoms with Crippen molar-refractivity contribution in [3.8, 4) is 0 Å². The van der Waals surface area contributed by atoms with Crippen molar-refractivity contribution in [3.63, 3.8) is 0 Å². The van der Waals surface area contributed by atoms with Gasteiger partial charge in [-0.05, 0) is 13.8 Å². The maximum absolute atomic E-state index is 8.88. The molecule has 0 aromatic carbocycles. The molecule has 0 aromatic rings. The van der Waals surface area contributed by atoms with E-state index < -0.39 is 7.82 Å². The molecule has 17 heavy (non-hydrogen) atoms. The molecule has 8 nitrogen and oxygen atoms in total. The van der Waals surface area contributed by atoms with Gasteiger partial charge in [-0.3, -0.25) is 0 Å². The Morgan fingerprint density at radius 1 is 0.882 bits per heavy atom. The fraction of sp³-hybridized carbons (Fsp3) is 1.00. The summed E-state index contributed by atoms with van der Waals surface area (Å²) in [6, 6.07) is 0. The van der Waals surface area contributed by atoms with Gasteiger partial charge in [0, 0.05) is 13.2 Å². The molecule has 0 saturated heterocycles. The van der Waals surface area contributed by atoms with Crippen LogP contribution in [0.3, 0.4) is 0 Å². The highest BCUT2D eigenvalue weighted by Gasteiger charge is 2.00. The average molecular weight is 278 g/mol. The highest BCUT2D eigenvalue weighted by atomic mass is 31.2. The number of ether oxygens (including phenoxy) is 2. The van der Waals surface area contributed by atoms with Crippen LogP contribution in [0.15, 0.2) is 0 Å². The molecule has 9 heteroatoms. The van der Waals surface area contributed by atoms with E-state index in [1.165, 1.54) is 0 Å². The predicted octanol–water partition coefficient (Wildman–Crippen LogP) is -0.898. The fourth-order valence-electron chi connectivity index (χ4n) is 0.407. The molecule has 0 aliphatic carbocycles. The molecule has 0 aliphatic rings. The van der Waals surface area contributed by atoms with Crippen molar-refractivity contribution in [2.24, 2.45) is 0 Å². The third-order valence-electron chi connectivity index (χ3n) is 0.880. The Labute approximate surface area is 101 Å². The Hall–Kier alpha value is -0.0500. The molecule has 0 spiro atoms. The second-order valence-electron chi connectivity index (χ2n) is 2.35. The van der Waals surface area contributed by atoms with Gasteiger partial charge in [-0.15, -0.1) is 0 Å². The lowest BCUT2D eigenvalue weighted by atomic mass is 10.7. The summed E-state index contributed by atoms with van der Waals surface area (Å²) in [5.41, 5.74) is 0. The highest BCUT2D eigenvalue weighted by molar-refractivity contribution is 7.45. The molecule has 0 atom stereocenters. The zero-order valence-corrected chi connectivity index (χ0v) is 11.0. The third-order valence-corrected chi connectivity index (χ3v) is 0.880. The zero-order chi connectivity index (χ0) is 14.2. The first-order chi connectivity index (χ1) is 7.83. The van der Waals surface area contributed by atoms with Crippen molar-refractivity contribution < 1.29 is 38.9 Å². The molecular weight excluding hydrogens is 255 g/mol. The van der Waals surface area contributed by atoms with Crippen molar-refractivity contribution in [2.45, 2.75) is 13.8 Å². The summed E-state index contributed by atoms with van der Waals surface area (Å²) < 4.78 is 18.9. The van der Waals surface area contributed by atoms with E-state index in [1.807, 2.05) is 13.8 Å². The Balaban J connectivity index is -0.000000188. The van der Waals surface area contributed by atoms with Gasteiger partial charge >= 0.3 is 7.82 Å². The van der Waals surface area contributed by atoms with Gasteiger partial charge < -0.3 is 34.4 Å². The van der Waals surface area contributed by atoms with Crippen molar-refractivity contribution in [2.75, 3.05) is 39.6 Å². The normalized spacial score (nSPS) is 9.82. The van der Waals surface area contributed by atoms with Crippen LogP contribution in [0.5, 0.6) is 0 Å². The first-order valence-electron chi connectivity index (χ1n) is 4.98. The summed E-state index contributed by atoms with van der Waals surface area (Å²) in [5.74, 6) is 0. The summed E-state index contributed by atoms with van der Waals surface area (Å²) in [4.78, 5) is 21.6. The van der Waals surface area contributed by atoms with Gasteiger partial charge in [-0.25, -0.2) is 4.57 Å². The average Bonchev–Trinajstić information content (AvgIpc) is 2.23. The van der Waals surface area contributed by atoms with Crippen molar-refractivity contribution in [3.05, 3.63) is 0 Å². The zero-order valence-electron chi connectivity index (χ0n) is 10.2. The van der Waals surface area contributed by atoms with Gasteiger partial charge in [0.15, 0.2) is 0 Å². The molecule has 5 N–H and O–H groups in total. The van der Waals surface area contributed by atoms with E-state index in [1.54, 1.807) is 0 Å². The molecular formula is C8H23O8P. The monoisotopic (exact) mass is 278 g/mol. The molecule has 0 aromatic heterocycles. The van der Waals surface area contributed by atoms with Gasteiger partial charge in [0.05, 0.1) is 26.4 Å². The largest absolute Gasteiger partial charge is 0.466 e. The molecule has 0 heterocycles. The molecule has 108 valence electrons. The van der Waals surface area contributed by atoms with Crippen LogP contribution in [0.2, 0.25) is 0 Å². The minimum absolute atomic E-state index is 0.125. The molecule has 0 unspecified atom stereocenters. The molecule has 0 rings (SSSR count). The molecule has 0 saturated carbocycles. The minimum Gasteiger partial charge on any atom is -0.394 e. The Bertz CT molecular complexity index is 143. The van der Waals surface area contributed by atoms with Crippen molar-refractivity contribution >= 4 is 7.82 Å². The number of hydrogen-bond acceptors (Lipinski definition) is 5. The third kappa shape index (κ3) is 87.7. The van der Waals surface area contributed by atoms with Crippen LogP contribution in [-0.4, -0.2) is 64.5 Å². The smallest absolute Gasteiger partial charge is 0.394 e. The summed E-state index contributed by atoms with van der Waals surface area (Å²) in [5, 5.41) is 15.2. The fourth-order valence-corrected chi connectivity index (χ4v) is 0.407. The highest BCUT2D eigenvalue weighted by Crippen LogP contribution is 2.25. The second-order valence-corrected chi connectivity index (χ2v) is 3.38. The van der Waals surface area contributed by atoms with Crippen LogP contribution in [0.25, 0.3) is 0 Å². The number of aliphatic hydroxyl groups is 2. The molecule has 0 fully saturated rings. The number of hydrogen-bond donors (Lipinski definition) is 5.